The first-order valence-electron chi connectivity index (χ1n) is 5.91. The predicted molar refractivity (Wildman–Crippen MR) is 73.8 cm³/mol. The summed E-state index contributed by atoms with van der Waals surface area (Å²) in [7, 11) is 0. The van der Waals surface area contributed by atoms with Gasteiger partial charge in [0.1, 0.15) is 5.56 Å². The van der Waals surface area contributed by atoms with Gasteiger partial charge in [0, 0.05) is 10.7 Å². The molecule has 0 aliphatic heterocycles. The molecule has 0 bridgehead atoms. The highest BCUT2D eigenvalue weighted by molar-refractivity contribution is 7.58. The number of nitrogens with zero attached hydrogens (tertiary/aromatic N) is 2. The van der Waals surface area contributed by atoms with Crippen molar-refractivity contribution in [3.05, 3.63) is 41.6 Å². The first kappa shape index (κ1) is 13.4. The van der Waals surface area contributed by atoms with Crippen LogP contribution in [-0.2, 0) is 17.4 Å². The number of hydrogen-bond donors (Lipinski definition) is 0. The van der Waals surface area contributed by atoms with Crippen LogP contribution >= 0.6 is 0 Å². The Morgan fingerprint density at radius 1 is 1.26 bits per heavy atom. The lowest BCUT2D eigenvalue weighted by Gasteiger charge is -2.14. The average Bonchev–Trinajstić information content (AvgIpc) is 2.39. The van der Waals surface area contributed by atoms with Gasteiger partial charge in [0.25, 0.3) is 0 Å². The van der Waals surface area contributed by atoms with Gasteiger partial charge in [-0.25, -0.2) is 4.79 Å². The summed E-state index contributed by atoms with van der Waals surface area (Å²) in [6.07, 6.45) is 0. The molecule has 1 aromatic heterocycles. The Morgan fingerprint density at radius 3 is 2.58 bits per heavy atom. The highest BCUT2D eigenvalue weighted by atomic mass is 32.1. The van der Waals surface area contributed by atoms with Crippen molar-refractivity contribution in [2.75, 3.05) is 6.61 Å². The zero-order valence-corrected chi connectivity index (χ0v) is 11.5. The molecule has 5 heteroatoms. The Morgan fingerprint density at radius 2 is 1.95 bits per heavy atom. The van der Waals surface area contributed by atoms with Crippen molar-refractivity contribution in [3.8, 4) is 11.3 Å². The van der Waals surface area contributed by atoms with Crippen LogP contribution in [0.15, 0.2) is 35.5 Å². The van der Waals surface area contributed by atoms with E-state index in [1.54, 1.807) is 13.8 Å². The topological polar surface area (TPSA) is 52.1 Å². The number of carbonyl (C=O) groups excluding carboxylic acids is 1. The van der Waals surface area contributed by atoms with Gasteiger partial charge < -0.3 is 17.4 Å². The van der Waals surface area contributed by atoms with Crippen LogP contribution in [0.2, 0.25) is 0 Å². The van der Waals surface area contributed by atoms with Crippen molar-refractivity contribution in [3.63, 3.8) is 0 Å². The summed E-state index contributed by atoms with van der Waals surface area (Å²) in [6, 6.07) is 9.41. The van der Waals surface area contributed by atoms with Gasteiger partial charge in [0.2, 0.25) is 0 Å². The van der Waals surface area contributed by atoms with E-state index in [-0.39, 0.29) is 5.16 Å². The molecule has 0 saturated carbocycles. The summed E-state index contributed by atoms with van der Waals surface area (Å²) in [6.45, 7) is 3.80. The molecule has 0 radical (unpaired) electrons. The molecule has 1 heterocycles. The van der Waals surface area contributed by atoms with Crippen LogP contribution in [0, 0.1) is 6.92 Å². The maximum Gasteiger partial charge on any atom is 0.342 e. The summed E-state index contributed by atoms with van der Waals surface area (Å²) in [5.74, 6) is -0.422. The molecule has 2 aromatic rings. The fourth-order valence-electron chi connectivity index (χ4n) is 1.80. The molecule has 0 saturated heterocycles. The average molecular weight is 273 g/mol. The molecule has 19 heavy (non-hydrogen) atoms. The molecule has 0 amide bonds. The minimum atomic E-state index is -0.422. The Balaban J connectivity index is 2.62. The number of ether oxygens (including phenoxy) is 1. The molecule has 1 aromatic carbocycles. The van der Waals surface area contributed by atoms with Crippen LogP contribution in [0.25, 0.3) is 11.3 Å². The second-order valence-electron chi connectivity index (χ2n) is 3.90. The predicted octanol–water partition coefficient (Wildman–Crippen LogP) is 2.53. The number of hydrogen-bond acceptors (Lipinski definition) is 5. The zero-order valence-electron chi connectivity index (χ0n) is 10.7. The molecule has 0 fully saturated rings. The third-order valence-electron chi connectivity index (χ3n) is 2.60. The lowest BCUT2D eigenvalue weighted by molar-refractivity contribution is 0.0525. The minimum absolute atomic E-state index is 0.226. The van der Waals surface area contributed by atoms with Crippen molar-refractivity contribution in [2.45, 2.75) is 19.0 Å². The van der Waals surface area contributed by atoms with Gasteiger partial charge in [0.15, 0.2) is 0 Å². The molecule has 2 rings (SSSR count). The fourth-order valence-corrected chi connectivity index (χ4v) is 2.03. The zero-order chi connectivity index (χ0) is 13.8. The number of aryl methyl sites for hydroxylation is 1. The highest BCUT2D eigenvalue weighted by Crippen LogP contribution is 2.24. The molecular formula is C14H13N2O2S-. The SMILES string of the molecule is CCOC(=O)c1c(C)nc([S-])nc1-c1ccccc1. The maximum absolute atomic E-state index is 12.0. The molecule has 0 spiro atoms. The molecule has 98 valence electrons. The summed E-state index contributed by atoms with van der Waals surface area (Å²) < 4.78 is 5.06. The third-order valence-corrected chi connectivity index (χ3v) is 2.78. The normalized spacial score (nSPS) is 10.2. The van der Waals surface area contributed by atoms with E-state index in [0.29, 0.717) is 23.6 Å². The minimum Gasteiger partial charge on any atom is -0.740 e. The summed E-state index contributed by atoms with van der Waals surface area (Å²) in [5, 5.41) is 0.226. The van der Waals surface area contributed by atoms with Gasteiger partial charge in [0.05, 0.1) is 18.0 Å². The van der Waals surface area contributed by atoms with Gasteiger partial charge in [-0.2, -0.15) is 0 Å². The largest absolute Gasteiger partial charge is 0.740 e. The summed E-state index contributed by atoms with van der Waals surface area (Å²) in [4.78, 5) is 20.3. The van der Waals surface area contributed by atoms with E-state index in [2.05, 4.69) is 9.97 Å². The number of benzene rings is 1. The van der Waals surface area contributed by atoms with E-state index < -0.39 is 5.97 Å². The van der Waals surface area contributed by atoms with E-state index in [4.69, 9.17) is 17.4 Å². The van der Waals surface area contributed by atoms with Crippen molar-refractivity contribution in [1.82, 2.24) is 9.97 Å². The van der Waals surface area contributed by atoms with Crippen molar-refractivity contribution in [1.29, 1.82) is 0 Å². The lowest BCUT2D eigenvalue weighted by atomic mass is 10.0. The van der Waals surface area contributed by atoms with Gasteiger partial charge in [-0.05, 0) is 13.8 Å². The maximum atomic E-state index is 12.0. The van der Waals surface area contributed by atoms with Crippen LogP contribution in [0.5, 0.6) is 0 Å². The Kier molecular flexibility index (Phi) is 4.06. The highest BCUT2D eigenvalue weighted by Gasteiger charge is 2.18. The Bertz CT molecular complexity index is 600. The quantitative estimate of drug-likeness (QED) is 0.488. The van der Waals surface area contributed by atoms with E-state index >= 15 is 0 Å². The molecule has 0 aliphatic carbocycles. The van der Waals surface area contributed by atoms with Crippen LogP contribution in [0.4, 0.5) is 0 Å². The van der Waals surface area contributed by atoms with Gasteiger partial charge >= 0.3 is 5.97 Å². The van der Waals surface area contributed by atoms with E-state index in [1.807, 2.05) is 30.3 Å². The molecule has 0 unspecified atom stereocenters. The second-order valence-corrected chi connectivity index (χ2v) is 4.27. The smallest absolute Gasteiger partial charge is 0.342 e. The van der Waals surface area contributed by atoms with Crippen LogP contribution in [0.3, 0.4) is 0 Å². The summed E-state index contributed by atoms with van der Waals surface area (Å²) in [5.41, 5.74) is 2.26. The van der Waals surface area contributed by atoms with E-state index in [9.17, 15) is 4.79 Å². The summed E-state index contributed by atoms with van der Waals surface area (Å²) >= 11 is 5.02. The fraction of sp³-hybridized carbons (Fsp3) is 0.214. The standard InChI is InChI=1S/C14H14N2O2S/c1-3-18-13(17)11-9(2)15-14(19)16-12(11)10-7-5-4-6-8-10/h4-8H,3H2,1-2H3,(H,15,16,19)/p-1. The van der Waals surface area contributed by atoms with E-state index in [0.717, 1.165) is 5.56 Å². The Hall–Kier alpha value is -2.01. The second kappa shape index (κ2) is 5.75. The third kappa shape index (κ3) is 2.88. The van der Waals surface area contributed by atoms with Crippen molar-refractivity contribution < 1.29 is 9.53 Å². The first-order valence-corrected chi connectivity index (χ1v) is 6.32. The monoisotopic (exact) mass is 273 g/mol. The molecule has 0 N–H and O–H groups in total. The number of carbonyl (C=O) groups is 1. The molecule has 0 aliphatic rings. The Labute approximate surface area is 117 Å². The molecule has 4 nitrogen and oxygen atoms in total. The van der Waals surface area contributed by atoms with Crippen LogP contribution < -0.4 is 0 Å². The lowest BCUT2D eigenvalue weighted by Crippen LogP contribution is -2.12. The van der Waals surface area contributed by atoms with Crippen LogP contribution in [-0.4, -0.2) is 22.5 Å². The molecular weight excluding hydrogens is 260 g/mol. The van der Waals surface area contributed by atoms with Crippen LogP contribution in [0.1, 0.15) is 23.0 Å². The number of esters is 1. The number of aromatic nitrogens is 2. The van der Waals surface area contributed by atoms with E-state index in [1.165, 1.54) is 0 Å². The van der Waals surface area contributed by atoms with Gasteiger partial charge in [-0.1, -0.05) is 30.3 Å². The van der Waals surface area contributed by atoms with Crippen molar-refractivity contribution in [2.24, 2.45) is 0 Å². The van der Waals surface area contributed by atoms with Gasteiger partial charge in [-0.15, -0.1) is 0 Å². The number of rotatable bonds is 3. The van der Waals surface area contributed by atoms with Crippen molar-refractivity contribution >= 4 is 18.6 Å². The first-order chi connectivity index (χ1) is 9.13. The van der Waals surface area contributed by atoms with Gasteiger partial charge in [-0.3, -0.25) is 9.97 Å². The molecule has 0 atom stereocenters.